The van der Waals surface area contributed by atoms with Gasteiger partial charge in [0.15, 0.2) is 0 Å². The van der Waals surface area contributed by atoms with Crippen LogP contribution in [-0.2, 0) is 14.8 Å². The topological polar surface area (TPSA) is 84.5 Å². The summed E-state index contributed by atoms with van der Waals surface area (Å²) in [6.07, 6.45) is 6.89. The van der Waals surface area contributed by atoms with Crippen LogP contribution in [0.2, 0.25) is 0 Å². The summed E-state index contributed by atoms with van der Waals surface area (Å²) in [6.45, 7) is 4.69. The lowest BCUT2D eigenvalue weighted by Crippen LogP contribution is -2.34. The second kappa shape index (κ2) is 13.2. The van der Waals surface area contributed by atoms with E-state index in [2.05, 4.69) is 17.0 Å². The standard InChI is InChI=1S/C25H36N2O4S/c1-4-5-6-7-8-9-18-26-25(28)19-24(21-12-14-22(31-3)15-13-21)27-32(29,30)23-16-10-20(2)11-17-23/h10-17,24,27H,4-9,18-19H2,1-3H3,(H,26,28)/t24-/m1/s1. The molecule has 6 nitrogen and oxygen atoms in total. The van der Waals surface area contributed by atoms with Crippen molar-refractivity contribution in [2.75, 3.05) is 13.7 Å². The Morgan fingerprint density at radius 2 is 1.56 bits per heavy atom. The molecule has 7 heteroatoms. The first-order valence-corrected chi connectivity index (χ1v) is 12.8. The molecule has 1 atom stereocenters. The van der Waals surface area contributed by atoms with Crippen LogP contribution in [0.25, 0.3) is 0 Å². The largest absolute Gasteiger partial charge is 0.497 e. The fraction of sp³-hybridized carbons (Fsp3) is 0.480. The zero-order chi connectivity index (χ0) is 23.4. The molecule has 176 valence electrons. The number of ether oxygens (including phenoxy) is 1. The Labute approximate surface area is 192 Å². The number of amides is 1. The van der Waals surface area contributed by atoms with E-state index in [9.17, 15) is 13.2 Å². The fourth-order valence-corrected chi connectivity index (χ4v) is 4.65. The zero-order valence-corrected chi connectivity index (χ0v) is 20.2. The third-order valence-corrected chi connectivity index (χ3v) is 6.88. The van der Waals surface area contributed by atoms with Crippen LogP contribution in [0.4, 0.5) is 0 Å². The number of hydrogen-bond acceptors (Lipinski definition) is 4. The molecule has 0 aliphatic heterocycles. The zero-order valence-electron chi connectivity index (χ0n) is 19.4. The maximum absolute atomic E-state index is 12.9. The first-order chi connectivity index (χ1) is 15.4. The van der Waals surface area contributed by atoms with E-state index in [1.54, 1.807) is 55.6 Å². The van der Waals surface area contributed by atoms with E-state index in [4.69, 9.17) is 4.74 Å². The highest BCUT2D eigenvalue weighted by Crippen LogP contribution is 2.23. The monoisotopic (exact) mass is 460 g/mol. The van der Waals surface area contributed by atoms with Gasteiger partial charge < -0.3 is 10.1 Å². The van der Waals surface area contributed by atoms with Crippen molar-refractivity contribution in [3.8, 4) is 5.75 Å². The second-order valence-electron chi connectivity index (χ2n) is 8.08. The number of unbranched alkanes of at least 4 members (excludes halogenated alkanes) is 5. The van der Waals surface area contributed by atoms with Gasteiger partial charge in [0.05, 0.1) is 18.0 Å². The number of methoxy groups -OCH3 is 1. The number of nitrogens with one attached hydrogen (secondary N) is 2. The number of carbonyl (C=O) groups is 1. The van der Waals surface area contributed by atoms with Crippen molar-refractivity contribution in [1.29, 1.82) is 0 Å². The molecule has 2 N–H and O–H groups in total. The SMILES string of the molecule is CCCCCCCCNC(=O)C[C@@H](NS(=O)(=O)c1ccc(C)cc1)c1ccc(OC)cc1. The maximum atomic E-state index is 12.9. The number of sulfonamides is 1. The average molecular weight is 461 g/mol. The Bertz CT molecular complexity index is 925. The predicted molar refractivity (Wildman–Crippen MR) is 128 cm³/mol. The Hall–Kier alpha value is -2.38. The van der Waals surface area contributed by atoms with Gasteiger partial charge in [-0.1, -0.05) is 68.9 Å². The van der Waals surface area contributed by atoms with E-state index in [0.29, 0.717) is 17.9 Å². The normalized spacial score (nSPS) is 12.3. The number of rotatable bonds is 14. The van der Waals surface area contributed by atoms with Gasteiger partial charge in [-0.15, -0.1) is 0 Å². The average Bonchev–Trinajstić information content (AvgIpc) is 2.78. The fourth-order valence-electron chi connectivity index (χ4n) is 3.43. The molecule has 1 amide bonds. The molecule has 2 aromatic rings. The summed E-state index contributed by atoms with van der Waals surface area (Å²) in [4.78, 5) is 12.8. The number of hydrogen-bond donors (Lipinski definition) is 2. The van der Waals surface area contributed by atoms with E-state index < -0.39 is 16.1 Å². The Morgan fingerprint density at radius 1 is 0.938 bits per heavy atom. The van der Waals surface area contributed by atoms with Gasteiger partial charge in [0.25, 0.3) is 0 Å². The first-order valence-electron chi connectivity index (χ1n) is 11.4. The van der Waals surface area contributed by atoms with Gasteiger partial charge in [-0.05, 0) is 43.2 Å². The lowest BCUT2D eigenvalue weighted by atomic mass is 10.0. The van der Waals surface area contributed by atoms with Gasteiger partial charge >= 0.3 is 0 Å². The molecule has 0 saturated heterocycles. The summed E-state index contributed by atoms with van der Waals surface area (Å²) in [5.41, 5.74) is 1.68. The molecule has 32 heavy (non-hydrogen) atoms. The summed E-state index contributed by atoms with van der Waals surface area (Å²) in [7, 11) is -2.21. The summed E-state index contributed by atoms with van der Waals surface area (Å²) < 4.78 is 33.8. The predicted octanol–water partition coefficient (Wildman–Crippen LogP) is 4.89. The molecule has 0 heterocycles. The van der Waals surface area contributed by atoms with Crippen LogP contribution in [0.3, 0.4) is 0 Å². The van der Waals surface area contributed by atoms with Crippen LogP contribution in [0, 0.1) is 6.92 Å². The minimum absolute atomic E-state index is 0.0211. The minimum atomic E-state index is -3.78. The van der Waals surface area contributed by atoms with Crippen molar-refractivity contribution in [2.45, 2.75) is 69.7 Å². The van der Waals surface area contributed by atoms with Crippen LogP contribution in [-0.4, -0.2) is 28.0 Å². The van der Waals surface area contributed by atoms with E-state index >= 15 is 0 Å². The van der Waals surface area contributed by atoms with Gasteiger partial charge in [0, 0.05) is 13.0 Å². The van der Waals surface area contributed by atoms with E-state index in [1.807, 2.05) is 6.92 Å². The third kappa shape index (κ3) is 8.63. The van der Waals surface area contributed by atoms with Crippen molar-refractivity contribution in [3.05, 3.63) is 59.7 Å². The molecule has 0 spiro atoms. The number of benzene rings is 2. The highest BCUT2D eigenvalue weighted by Gasteiger charge is 2.24. The molecule has 0 aliphatic carbocycles. The number of aryl methyl sites for hydroxylation is 1. The van der Waals surface area contributed by atoms with Crippen LogP contribution >= 0.6 is 0 Å². The Balaban J connectivity index is 2.04. The molecule has 2 rings (SSSR count). The Morgan fingerprint density at radius 3 is 2.19 bits per heavy atom. The summed E-state index contributed by atoms with van der Waals surface area (Å²) >= 11 is 0. The van der Waals surface area contributed by atoms with Crippen molar-refractivity contribution < 1.29 is 17.9 Å². The molecular weight excluding hydrogens is 424 g/mol. The molecular formula is C25H36N2O4S. The molecule has 0 unspecified atom stereocenters. The lowest BCUT2D eigenvalue weighted by molar-refractivity contribution is -0.121. The van der Waals surface area contributed by atoms with Gasteiger partial charge in [0.1, 0.15) is 5.75 Å². The van der Waals surface area contributed by atoms with Gasteiger partial charge in [0.2, 0.25) is 15.9 Å². The van der Waals surface area contributed by atoms with Crippen LogP contribution < -0.4 is 14.8 Å². The molecule has 2 aromatic carbocycles. The van der Waals surface area contributed by atoms with Crippen LogP contribution in [0.5, 0.6) is 5.75 Å². The molecule has 0 saturated carbocycles. The van der Waals surface area contributed by atoms with E-state index in [0.717, 1.165) is 18.4 Å². The highest BCUT2D eigenvalue weighted by atomic mass is 32.2. The van der Waals surface area contributed by atoms with Gasteiger partial charge in [-0.2, -0.15) is 0 Å². The smallest absolute Gasteiger partial charge is 0.241 e. The second-order valence-corrected chi connectivity index (χ2v) is 9.80. The Kier molecular flexibility index (Phi) is 10.7. The molecule has 0 radical (unpaired) electrons. The third-order valence-electron chi connectivity index (χ3n) is 5.39. The van der Waals surface area contributed by atoms with E-state index in [1.165, 1.54) is 25.7 Å². The molecule has 0 bridgehead atoms. The highest BCUT2D eigenvalue weighted by molar-refractivity contribution is 7.89. The van der Waals surface area contributed by atoms with Gasteiger partial charge in [-0.25, -0.2) is 13.1 Å². The maximum Gasteiger partial charge on any atom is 0.241 e. The first kappa shape index (κ1) is 25.9. The lowest BCUT2D eigenvalue weighted by Gasteiger charge is -2.19. The van der Waals surface area contributed by atoms with Crippen LogP contribution in [0.1, 0.15) is 69.0 Å². The van der Waals surface area contributed by atoms with Crippen LogP contribution in [0.15, 0.2) is 53.4 Å². The number of carbonyl (C=O) groups excluding carboxylic acids is 1. The summed E-state index contributed by atoms with van der Waals surface area (Å²) in [5.74, 6) is 0.493. The molecule has 0 aliphatic rings. The molecule has 0 aromatic heterocycles. The molecule has 0 fully saturated rings. The van der Waals surface area contributed by atoms with Crippen molar-refractivity contribution in [2.24, 2.45) is 0 Å². The van der Waals surface area contributed by atoms with E-state index in [-0.39, 0.29) is 17.2 Å². The summed E-state index contributed by atoms with van der Waals surface area (Å²) in [6, 6.07) is 13.0. The van der Waals surface area contributed by atoms with Gasteiger partial charge in [-0.3, -0.25) is 4.79 Å². The minimum Gasteiger partial charge on any atom is -0.497 e. The summed E-state index contributed by atoms with van der Waals surface area (Å²) in [5, 5.41) is 2.93. The van der Waals surface area contributed by atoms with Crippen molar-refractivity contribution in [1.82, 2.24) is 10.0 Å². The van der Waals surface area contributed by atoms with Crippen molar-refractivity contribution in [3.63, 3.8) is 0 Å². The quantitative estimate of drug-likeness (QED) is 0.393. The van der Waals surface area contributed by atoms with Crippen molar-refractivity contribution >= 4 is 15.9 Å².